The zero-order valence-electron chi connectivity index (χ0n) is 15.6. The summed E-state index contributed by atoms with van der Waals surface area (Å²) in [5.41, 5.74) is 6.80. The SMILES string of the molecule is CC.CC.COC(=O)c1cc(N)cc(C(=O)NC2CCCCC2)c1. The van der Waals surface area contributed by atoms with Gasteiger partial charge in [-0.25, -0.2) is 4.79 Å². The normalized spacial score (nSPS) is 13.5. The molecule has 5 nitrogen and oxygen atoms in total. The average Bonchev–Trinajstić information content (AvgIpc) is 2.64. The lowest BCUT2D eigenvalue weighted by Crippen LogP contribution is -2.36. The first-order valence-electron chi connectivity index (χ1n) is 8.90. The Morgan fingerprint density at radius 3 is 2.08 bits per heavy atom. The largest absolute Gasteiger partial charge is 0.465 e. The van der Waals surface area contributed by atoms with Gasteiger partial charge in [-0.2, -0.15) is 0 Å². The second-order valence-electron chi connectivity index (χ2n) is 5.14. The van der Waals surface area contributed by atoms with Gasteiger partial charge in [0.25, 0.3) is 5.91 Å². The van der Waals surface area contributed by atoms with E-state index in [-0.39, 0.29) is 11.9 Å². The summed E-state index contributed by atoms with van der Waals surface area (Å²) >= 11 is 0. The number of nitrogens with two attached hydrogens (primary N) is 1. The number of methoxy groups -OCH3 is 1. The van der Waals surface area contributed by atoms with Crippen molar-refractivity contribution in [3.8, 4) is 0 Å². The molecule has 0 saturated heterocycles. The molecule has 136 valence electrons. The molecule has 0 heterocycles. The molecular formula is C19H32N2O3. The molecule has 1 aliphatic carbocycles. The van der Waals surface area contributed by atoms with E-state index in [2.05, 4.69) is 10.1 Å². The molecule has 1 aromatic rings. The van der Waals surface area contributed by atoms with Crippen molar-refractivity contribution in [3.63, 3.8) is 0 Å². The number of rotatable bonds is 3. The molecule has 1 fully saturated rings. The van der Waals surface area contributed by atoms with E-state index in [9.17, 15) is 9.59 Å². The van der Waals surface area contributed by atoms with Crippen molar-refractivity contribution in [1.29, 1.82) is 0 Å². The molecule has 0 spiro atoms. The number of hydrogen-bond donors (Lipinski definition) is 2. The number of amides is 1. The van der Waals surface area contributed by atoms with Crippen LogP contribution in [0.3, 0.4) is 0 Å². The van der Waals surface area contributed by atoms with Crippen LogP contribution in [0, 0.1) is 0 Å². The van der Waals surface area contributed by atoms with Crippen molar-refractivity contribution in [3.05, 3.63) is 29.3 Å². The molecule has 2 rings (SSSR count). The predicted octanol–water partition coefficient (Wildman–Crippen LogP) is 4.17. The predicted molar refractivity (Wildman–Crippen MR) is 99.2 cm³/mol. The summed E-state index contributed by atoms with van der Waals surface area (Å²) in [7, 11) is 1.30. The van der Waals surface area contributed by atoms with Gasteiger partial charge < -0.3 is 15.8 Å². The summed E-state index contributed by atoms with van der Waals surface area (Å²) < 4.78 is 4.65. The van der Waals surface area contributed by atoms with Gasteiger partial charge in [0.1, 0.15) is 0 Å². The number of ether oxygens (including phenoxy) is 1. The molecular weight excluding hydrogens is 304 g/mol. The zero-order valence-corrected chi connectivity index (χ0v) is 15.6. The van der Waals surface area contributed by atoms with Gasteiger partial charge in [0.05, 0.1) is 12.7 Å². The minimum absolute atomic E-state index is 0.186. The maximum Gasteiger partial charge on any atom is 0.337 e. The molecule has 1 aromatic carbocycles. The van der Waals surface area contributed by atoms with Crippen LogP contribution in [-0.2, 0) is 4.74 Å². The molecule has 0 unspecified atom stereocenters. The van der Waals surface area contributed by atoms with Gasteiger partial charge >= 0.3 is 5.97 Å². The number of carbonyl (C=O) groups is 2. The highest BCUT2D eigenvalue weighted by Gasteiger charge is 2.18. The second kappa shape index (κ2) is 12.4. The van der Waals surface area contributed by atoms with Crippen LogP contribution in [0.15, 0.2) is 18.2 Å². The molecule has 1 aliphatic rings. The summed E-state index contributed by atoms with van der Waals surface area (Å²) in [5, 5.41) is 3.00. The van der Waals surface area contributed by atoms with Crippen molar-refractivity contribution in [1.82, 2.24) is 5.32 Å². The van der Waals surface area contributed by atoms with Crippen LogP contribution >= 0.6 is 0 Å². The van der Waals surface area contributed by atoms with Crippen molar-refractivity contribution in [2.24, 2.45) is 0 Å². The van der Waals surface area contributed by atoms with Crippen LogP contribution in [0.2, 0.25) is 0 Å². The van der Waals surface area contributed by atoms with Crippen LogP contribution in [0.25, 0.3) is 0 Å². The lowest BCUT2D eigenvalue weighted by Gasteiger charge is -2.22. The van der Waals surface area contributed by atoms with Gasteiger partial charge in [0.2, 0.25) is 0 Å². The van der Waals surface area contributed by atoms with Gasteiger partial charge in [0.15, 0.2) is 0 Å². The highest BCUT2D eigenvalue weighted by Crippen LogP contribution is 2.19. The van der Waals surface area contributed by atoms with Gasteiger partial charge in [-0.05, 0) is 31.0 Å². The fourth-order valence-electron chi connectivity index (χ4n) is 2.53. The molecule has 5 heteroatoms. The van der Waals surface area contributed by atoms with Crippen molar-refractivity contribution in [2.45, 2.75) is 65.8 Å². The van der Waals surface area contributed by atoms with E-state index in [1.807, 2.05) is 27.7 Å². The Morgan fingerprint density at radius 1 is 1.00 bits per heavy atom. The maximum absolute atomic E-state index is 12.2. The molecule has 0 aromatic heterocycles. The summed E-state index contributed by atoms with van der Waals surface area (Å²) in [6.45, 7) is 8.00. The van der Waals surface area contributed by atoms with E-state index in [1.54, 1.807) is 6.07 Å². The molecule has 0 bridgehead atoms. The minimum Gasteiger partial charge on any atom is -0.465 e. The number of anilines is 1. The smallest absolute Gasteiger partial charge is 0.337 e. The third-order valence-corrected chi connectivity index (χ3v) is 3.58. The monoisotopic (exact) mass is 336 g/mol. The topological polar surface area (TPSA) is 81.4 Å². The number of benzene rings is 1. The Labute approximate surface area is 146 Å². The summed E-state index contributed by atoms with van der Waals surface area (Å²) in [6, 6.07) is 4.81. The minimum atomic E-state index is -0.496. The quantitative estimate of drug-likeness (QED) is 0.641. The van der Waals surface area contributed by atoms with E-state index in [1.165, 1.54) is 25.7 Å². The molecule has 24 heavy (non-hydrogen) atoms. The average molecular weight is 336 g/mol. The van der Waals surface area contributed by atoms with E-state index >= 15 is 0 Å². The molecule has 1 amide bonds. The highest BCUT2D eigenvalue weighted by atomic mass is 16.5. The van der Waals surface area contributed by atoms with E-state index in [4.69, 9.17) is 5.73 Å². The van der Waals surface area contributed by atoms with Crippen LogP contribution < -0.4 is 11.1 Å². The lowest BCUT2D eigenvalue weighted by molar-refractivity contribution is 0.0601. The summed E-state index contributed by atoms with van der Waals surface area (Å²) in [5.74, 6) is -0.682. The zero-order chi connectivity index (χ0) is 18.5. The first kappa shape index (κ1) is 22.0. The molecule has 3 N–H and O–H groups in total. The summed E-state index contributed by atoms with van der Waals surface area (Å²) in [6.07, 6.45) is 5.55. The van der Waals surface area contributed by atoms with Crippen molar-refractivity contribution in [2.75, 3.05) is 12.8 Å². The number of nitrogens with one attached hydrogen (secondary N) is 1. The second-order valence-corrected chi connectivity index (χ2v) is 5.14. The molecule has 0 atom stereocenters. The Morgan fingerprint density at radius 2 is 1.54 bits per heavy atom. The maximum atomic E-state index is 12.2. The Bertz CT molecular complexity index is 509. The van der Waals surface area contributed by atoms with Crippen LogP contribution in [0.4, 0.5) is 5.69 Å². The first-order valence-corrected chi connectivity index (χ1v) is 8.90. The fraction of sp³-hybridized carbons (Fsp3) is 0.579. The van der Waals surface area contributed by atoms with E-state index in [0.29, 0.717) is 16.8 Å². The van der Waals surface area contributed by atoms with Crippen LogP contribution in [-0.4, -0.2) is 25.0 Å². The number of esters is 1. The number of nitrogen functional groups attached to an aromatic ring is 1. The molecule has 1 saturated carbocycles. The highest BCUT2D eigenvalue weighted by molar-refractivity contribution is 5.99. The number of carbonyl (C=O) groups excluding carboxylic acids is 2. The van der Waals surface area contributed by atoms with Crippen molar-refractivity contribution < 1.29 is 14.3 Å². The fourth-order valence-corrected chi connectivity index (χ4v) is 2.53. The van der Waals surface area contributed by atoms with Gasteiger partial charge in [-0.1, -0.05) is 47.0 Å². The van der Waals surface area contributed by atoms with Crippen LogP contribution in [0.1, 0.15) is 80.5 Å². The third-order valence-electron chi connectivity index (χ3n) is 3.58. The Hall–Kier alpha value is -2.04. The summed E-state index contributed by atoms with van der Waals surface area (Å²) in [4.78, 5) is 23.7. The van der Waals surface area contributed by atoms with Crippen molar-refractivity contribution >= 4 is 17.6 Å². The number of hydrogen-bond acceptors (Lipinski definition) is 4. The molecule has 0 radical (unpaired) electrons. The van der Waals surface area contributed by atoms with E-state index < -0.39 is 5.97 Å². The Balaban J connectivity index is 0.00000123. The molecule has 0 aliphatic heterocycles. The van der Waals surface area contributed by atoms with Gasteiger partial charge in [0, 0.05) is 17.3 Å². The van der Waals surface area contributed by atoms with Crippen LogP contribution in [0.5, 0.6) is 0 Å². The standard InChI is InChI=1S/C15H20N2O3.2C2H6/c1-20-15(19)11-7-10(8-12(16)9-11)14(18)17-13-5-3-2-4-6-13;2*1-2/h7-9,13H,2-6,16H2,1H3,(H,17,18);2*1-2H3. The van der Waals surface area contributed by atoms with Gasteiger partial charge in [-0.3, -0.25) is 4.79 Å². The lowest BCUT2D eigenvalue weighted by atomic mass is 9.95. The third kappa shape index (κ3) is 7.02. The van der Waals surface area contributed by atoms with Gasteiger partial charge in [-0.15, -0.1) is 0 Å². The Kier molecular flexibility index (Phi) is 11.3. The first-order chi connectivity index (χ1) is 11.6. The van der Waals surface area contributed by atoms with E-state index in [0.717, 1.165) is 25.7 Å².